The fourth-order valence-corrected chi connectivity index (χ4v) is 2.92. The summed E-state index contributed by atoms with van der Waals surface area (Å²) in [7, 11) is 1.56. The number of amides is 1. The van der Waals surface area contributed by atoms with Gasteiger partial charge in [-0.3, -0.25) is 4.79 Å². The number of methoxy groups -OCH3 is 1. The molecule has 6 nitrogen and oxygen atoms in total. The van der Waals surface area contributed by atoms with Crippen LogP contribution < -0.4 is 14.8 Å². The number of thiazole rings is 1. The monoisotopic (exact) mass is 369 g/mol. The fraction of sp³-hybridized carbons (Fsp3) is 0.211. The predicted molar refractivity (Wildman–Crippen MR) is 99.6 cm³/mol. The second-order valence-corrected chi connectivity index (χ2v) is 6.60. The molecule has 1 N–H and O–H groups in total. The number of nitrogens with one attached hydrogen (secondary N) is 1. The number of aryl methyl sites for hydroxylation is 1. The van der Waals surface area contributed by atoms with Gasteiger partial charge in [0.2, 0.25) is 5.88 Å². The van der Waals surface area contributed by atoms with Gasteiger partial charge in [-0.05, 0) is 24.6 Å². The van der Waals surface area contributed by atoms with Crippen LogP contribution in [-0.2, 0) is 13.2 Å². The quantitative estimate of drug-likeness (QED) is 0.691. The molecular weight excluding hydrogens is 350 g/mol. The molecule has 134 valence electrons. The molecule has 26 heavy (non-hydrogen) atoms. The van der Waals surface area contributed by atoms with Crippen molar-refractivity contribution in [2.24, 2.45) is 0 Å². The van der Waals surface area contributed by atoms with Gasteiger partial charge in [-0.2, -0.15) is 0 Å². The molecular formula is C19H19N3O3S. The average molecular weight is 369 g/mol. The van der Waals surface area contributed by atoms with Crippen molar-refractivity contribution in [3.63, 3.8) is 0 Å². The molecule has 0 radical (unpaired) electrons. The van der Waals surface area contributed by atoms with Gasteiger partial charge in [-0.15, -0.1) is 11.3 Å². The Labute approximate surface area is 155 Å². The van der Waals surface area contributed by atoms with Gasteiger partial charge >= 0.3 is 0 Å². The molecule has 0 saturated carbocycles. The van der Waals surface area contributed by atoms with Gasteiger partial charge in [0.05, 0.1) is 23.4 Å². The number of para-hydroxylation sites is 1. The maximum absolute atomic E-state index is 12.5. The van der Waals surface area contributed by atoms with E-state index >= 15 is 0 Å². The van der Waals surface area contributed by atoms with Crippen LogP contribution in [0.15, 0.2) is 48.0 Å². The van der Waals surface area contributed by atoms with Crippen molar-refractivity contribution < 1.29 is 14.3 Å². The third-order valence-electron chi connectivity index (χ3n) is 3.63. The van der Waals surface area contributed by atoms with E-state index in [-0.39, 0.29) is 5.91 Å². The Morgan fingerprint density at radius 1 is 1.23 bits per heavy atom. The number of rotatable bonds is 7. The van der Waals surface area contributed by atoms with Crippen LogP contribution in [0.3, 0.4) is 0 Å². The number of benzene rings is 1. The Morgan fingerprint density at radius 3 is 2.77 bits per heavy atom. The molecule has 3 rings (SSSR count). The molecule has 2 heterocycles. The minimum atomic E-state index is -0.203. The molecule has 0 fully saturated rings. The summed E-state index contributed by atoms with van der Waals surface area (Å²) in [5.41, 5.74) is 2.23. The molecule has 0 aliphatic carbocycles. The lowest BCUT2D eigenvalue weighted by Crippen LogP contribution is -2.23. The standard InChI is InChI=1S/C19H19N3O3S/c1-13-22-15(12-26-13)11-25-17-6-4-3-5-16(17)19(23)21-10-14-7-8-18(24-2)20-9-14/h3-9,12H,10-11H2,1-2H3,(H,21,23). The zero-order valence-electron chi connectivity index (χ0n) is 14.6. The lowest BCUT2D eigenvalue weighted by molar-refractivity contribution is 0.0946. The van der Waals surface area contributed by atoms with E-state index in [4.69, 9.17) is 9.47 Å². The van der Waals surface area contributed by atoms with E-state index < -0.39 is 0 Å². The smallest absolute Gasteiger partial charge is 0.255 e. The molecule has 1 aromatic carbocycles. The second-order valence-electron chi connectivity index (χ2n) is 5.53. The van der Waals surface area contributed by atoms with Crippen molar-refractivity contribution in [3.8, 4) is 11.6 Å². The molecule has 0 unspecified atom stereocenters. The Morgan fingerprint density at radius 2 is 2.08 bits per heavy atom. The summed E-state index contributed by atoms with van der Waals surface area (Å²) >= 11 is 1.57. The Kier molecular flexibility index (Phi) is 5.80. The first-order valence-electron chi connectivity index (χ1n) is 8.05. The van der Waals surface area contributed by atoms with E-state index in [1.165, 1.54) is 0 Å². The molecule has 0 bridgehead atoms. The first-order valence-corrected chi connectivity index (χ1v) is 8.93. The van der Waals surface area contributed by atoms with E-state index in [0.29, 0.717) is 30.3 Å². The molecule has 0 aliphatic rings. The third kappa shape index (κ3) is 4.58. The first-order chi connectivity index (χ1) is 12.7. The second kappa shape index (κ2) is 8.44. The Hall–Kier alpha value is -2.93. The number of aromatic nitrogens is 2. The van der Waals surface area contributed by atoms with Crippen LogP contribution >= 0.6 is 11.3 Å². The van der Waals surface area contributed by atoms with Crippen LogP contribution in [0, 0.1) is 6.92 Å². The van der Waals surface area contributed by atoms with Gasteiger partial charge < -0.3 is 14.8 Å². The molecule has 0 saturated heterocycles. The highest BCUT2D eigenvalue weighted by Crippen LogP contribution is 2.20. The normalized spacial score (nSPS) is 10.4. The average Bonchev–Trinajstić information content (AvgIpc) is 3.10. The number of carbonyl (C=O) groups excluding carboxylic acids is 1. The largest absolute Gasteiger partial charge is 0.486 e. The highest BCUT2D eigenvalue weighted by atomic mass is 32.1. The SMILES string of the molecule is COc1ccc(CNC(=O)c2ccccc2OCc2csc(C)n2)cn1. The molecule has 7 heteroatoms. The van der Waals surface area contributed by atoms with Crippen molar-refractivity contribution in [1.82, 2.24) is 15.3 Å². The lowest BCUT2D eigenvalue weighted by atomic mass is 10.2. The molecule has 0 aliphatic heterocycles. The van der Waals surface area contributed by atoms with Crippen molar-refractivity contribution in [1.29, 1.82) is 0 Å². The van der Waals surface area contributed by atoms with Gasteiger partial charge in [-0.25, -0.2) is 9.97 Å². The van der Waals surface area contributed by atoms with E-state index in [1.807, 2.05) is 30.5 Å². The van der Waals surface area contributed by atoms with Gasteiger partial charge in [0.15, 0.2) is 0 Å². The maximum atomic E-state index is 12.5. The number of ether oxygens (including phenoxy) is 2. The van der Waals surface area contributed by atoms with Crippen molar-refractivity contribution in [2.75, 3.05) is 7.11 Å². The van der Waals surface area contributed by atoms with E-state index in [2.05, 4.69) is 15.3 Å². The number of nitrogens with zero attached hydrogens (tertiary/aromatic N) is 2. The number of pyridine rings is 1. The van der Waals surface area contributed by atoms with Gasteiger partial charge in [-0.1, -0.05) is 18.2 Å². The summed E-state index contributed by atoms with van der Waals surface area (Å²) in [6.45, 7) is 2.65. The number of carbonyl (C=O) groups is 1. The van der Waals surface area contributed by atoms with Gasteiger partial charge in [0, 0.05) is 24.2 Å². The Balaban J connectivity index is 1.63. The van der Waals surface area contributed by atoms with E-state index in [1.54, 1.807) is 42.8 Å². The number of hydrogen-bond donors (Lipinski definition) is 1. The predicted octanol–water partition coefficient (Wildman–Crippen LogP) is 3.36. The van der Waals surface area contributed by atoms with Crippen LogP contribution in [0.2, 0.25) is 0 Å². The van der Waals surface area contributed by atoms with Crippen LogP contribution in [0.4, 0.5) is 0 Å². The van der Waals surface area contributed by atoms with Crippen LogP contribution in [0.5, 0.6) is 11.6 Å². The topological polar surface area (TPSA) is 73.3 Å². The summed E-state index contributed by atoms with van der Waals surface area (Å²) in [5.74, 6) is 0.866. The first kappa shape index (κ1) is 17.9. The summed E-state index contributed by atoms with van der Waals surface area (Å²) < 4.78 is 10.8. The minimum absolute atomic E-state index is 0.203. The summed E-state index contributed by atoms with van der Waals surface area (Å²) in [6.07, 6.45) is 1.67. The van der Waals surface area contributed by atoms with Gasteiger partial charge in [0.1, 0.15) is 12.4 Å². The van der Waals surface area contributed by atoms with Crippen molar-refractivity contribution in [2.45, 2.75) is 20.1 Å². The van der Waals surface area contributed by atoms with E-state index in [0.717, 1.165) is 16.3 Å². The maximum Gasteiger partial charge on any atom is 0.255 e. The molecule has 1 amide bonds. The molecule has 3 aromatic rings. The number of hydrogen-bond acceptors (Lipinski definition) is 6. The highest BCUT2D eigenvalue weighted by molar-refractivity contribution is 7.09. The van der Waals surface area contributed by atoms with Crippen LogP contribution in [-0.4, -0.2) is 23.0 Å². The van der Waals surface area contributed by atoms with E-state index in [9.17, 15) is 4.79 Å². The lowest BCUT2D eigenvalue weighted by Gasteiger charge is -2.11. The zero-order valence-corrected chi connectivity index (χ0v) is 15.4. The fourth-order valence-electron chi connectivity index (χ4n) is 2.32. The van der Waals surface area contributed by atoms with Gasteiger partial charge in [0.25, 0.3) is 5.91 Å². The molecule has 0 atom stereocenters. The highest BCUT2D eigenvalue weighted by Gasteiger charge is 2.12. The summed E-state index contributed by atoms with van der Waals surface area (Å²) in [4.78, 5) is 21.0. The molecule has 2 aromatic heterocycles. The summed E-state index contributed by atoms with van der Waals surface area (Å²) in [5, 5.41) is 5.82. The zero-order chi connectivity index (χ0) is 18.4. The van der Waals surface area contributed by atoms with Crippen LogP contribution in [0.1, 0.15) is 26.6 Å². The Bertz CT molecular complexity index is 878. The van der Waals surface area contributed by atoms with Crippen molar-refractivity contribution >= 4 is 17.2 Å². The summed E-state index contributed by atoms with van der Waals surface area (Å²) in [6, 6.07) is 10.8. The third-order valence-corrected chi connectivity index (χ3v) is 4.46. The van der Waals surface area contributed by atoms with Crippen LogP contribution in [0.25, 0.3) is 0 Å². The molecule has 0 spiro atoms. The minimum Gasteiger partial charge on any atom is -0.486 e. The van der Waals surface area contributed by atoms with Crippen molar-refractivity contribution in [3.05, 3.63) is 69.8 Å².